The van der Waals surface area contributed by atoms with Gasteiger partial charge in [-0.3, -0.25) is 4.79 Å². The van der Waals surface area contributed by atoms with Crippen molar-refractivity contribution in [2.24, 2.45) is 0 Å². The van der Waals surface area contributed by atoms with Crippen molar-refractivity contribution in [1.82, 2.24) is 19.9 Å². The highest BCUT2D eigenvalue weighted by Crippen LogP contribution is 2.31. The van der Waals surface area contributed by atoms with Crippen LogP contribution >= 0.6 is 0 Å². The molecule has 0 saturated carbocycles. The van der Waals surface area contributed by atoms with Crippen molar-refractivity contribution in [1.29, 1.82) is 0 Å². The van der Waals surface area contributed by atoms with E-state index in [-0.39, 0.29) is 50.5 Å². The highest BCUT2D eigenvalue weighted by Gasteiger charge is 2.36. The normalized spacial score (nSPS) is 19.1. The first-order chi connectivity index (χ1) is 16.9. The van der Waals surface area contributed by atoms with Gasteiger partial charge in [0.1, 0.15) is 12.2 Å². The minimum atomic E-state index is -4.79. The molecule has 0 radical (unpaired) electrons. The maximum Gasteiger partial charge on any atom is 0.421 e. The highest BCUT2D eigenvalue weighted by molar-refractivity contribution is 5.68. The van der Waals surface area contributed by atoms with Crippen LogP contribution in [-0.4, -0.2) is 71.3 Å². The van der Waals surface area contributed by atoms with Gasteiger partial charge >= 0.3 is 18.4 Å². The zero-order valence-electron chi connectivity index (χ0n) is 18.8. The molecule has 1 N–H and O–H groups in total. The first-order valence-corrected chi connectivity index (χ1v) is 11.1. The van der Waals surface area contributed by atoms with Gasteiger partial charge in [0.2, 0.25) is 5.95 Å². The van der Waals surface area contributed by atoms with Gasteiger partial charge in [0.05, 0.1) is 17.3 Å². The maximum absolute atomic E-state index is 13.1. The molecule has 2 aliphatic rings. The van der Waals surface area contributed by atoms with E-state index in [0.29, 0.717) is 31.8 Å². The lowest BCUT2D eigenvalue weighted by atomic mass is 10.2. The van der Waals surface area contributed by atoms with Crippen molar-refractivity contribution in [3.63, 3.8) is 0 Å². The van der Waals surface area contributed by atoms with Crippen LogP contribution in [0.1, 0.15) is 24.0 Å². The number of carbonyl (C=O) groups excluding carboxylic acids is 1. The lowest BCUT2D eigenvalue weighted by Gasteiger charge is -2.34. The number of alkyl halides is 6. The molecule has 2 aromatic rings. The van der Waals surface area contributed by atoms with Gasteiger partial charge in [-0.2, -0.15) is 26.3 Å². The van der Waals surface area contributed by atoms with Crippen LogP contribution in [0, 0.1) is 0 Å². The number of hydrogen-bond acceptors (Lipinski definition) is 7. The topological polar surface area (TPSA) is 94.7 Å². The zero-order valence-corrected chi connectivity index (χ0v) is 18.8. The van der Waals surface area contributed by atoms with Gasteiger partial charge in [-0.25, -0.2) is 14.8 Å². The van der Waals surface area contributed by atoms with Gasteiger partial charge in [-0.15, -0.1) is 0 Å². The number of piperazine rings is 1. The number of nitrogens with one attached hydrogen (secondary N) is 1. The molecule has 36 heavy (non-hydrogen) atoms. The largest absolute Gasteiger partial charge is 0.447 e. The van der Waals surface area contributed by atoms with Crippen LogP contribution in [-0.2, 0) is 17.1 Å². The number of carbonyl (C=O) groups is 1. The van der Waals surface area contributed by atoms with Crippen LogP contribution in [0.2, 0.25) is 0 Å². The van der Waals surface area contributed by atoms with Crippen LogP contribution in [0.5, 0.6) is 0 Å². The smallest absolute Gasteiger partial charge is 0.421 e. The number of amides is 1. The number of nitrogens with zero attached hydrogens (tertiary/aromatic N) is 5. The van der Waals surface area contributed by atoms with E-state index in [1.54, 1.807) is 9.80 Å². The van der Waals surface area contributed by atoms with E-state index in [4.69, 9.17) is 4.74 Å². The second-order valence-corrected chi connectivity index (χ2v) is 8.41. The number of ether oxygens (including phenoxy) is 1. The van der Waals surface area contributed by atoms with Gasteiger partial charge in [-0.05, 0) is 18.9 Å². The molecule has 2 aliphatic heterocycles. The van der Waals surface area contributed by atoms with Crippen molar-refractivity contribution >= 4 is 17.7 Å². The monoisotopic (exact) mass is 520 g/mol. The van der Waals surface area contributed by atoms with Crippen LogP contribution in [0.25, 0.3) is 0 Å². The van der Waals surface area contributed by atoms with Crippen molar-refractivity contribution < 1.29 is 35.9 Å². The fourth-order valence-corrected chi connectivity index (χ4v) is 4.18. The van der Waals surface area contributed by atoms with E-state index in [1.807, 2.05) is 0 Å². The van der Waals surface area contributed by atoms with Crippen molar-refractivity contribution in [2.45, 2.75) is 31.2 Å². The summed E-state index contributed by atoms with van der Waals surface area (Å²) in [4.78, 5) is 38.5. The van der Waals surface area contributed by atoms with E-state index < -0.39 is 35.1 Å². The van der Waals surface area contributed by atoms with Gasteiger partial charge in [-0.1, -0.05) is 0 Å². The number of hydrogen-bond donors (Lipinski definition) is 1. The van der Waals surface area contributed by atoms with E-state index in [1.165, 1.54) is 11.1 Å². The lowest BCUT2D eigenvalue weighted by molar-refractivity contribution is -0.139. The third-order valence-corrected chi connectivity index (χ3v) is 6.09. The fourth-order valence-electron chi connectivity index (χ4n) is 4.18. The molecule has 9 nitrogen and oxygen atoms in total. The van der Waals surface area contributed by atoms with Crippen molar-refractivity contribution in [3.8, 4) is 0 Å². The molecule has 4 rings (SSSR count). The van der Waals surface area contributed by atoms with E-state index in [2.05, 4.69) is 15.0 Å². The Hall–Kier alpha value is -3.52. The second kappa shape index (κ2) is 9.85. The SMILES string of the molecule is O=C(OC[C@@H]1CCCN1c1c[nH]c(=O)c(C(F)(F)F)c1)N1CCN(c2ncc(C(F)(F)F)cn2)CC1. The summed E-state index contributed by atoms with van der Waals surface area (Å²) in [6.07, 6.45) is -6.05. The lowest BCUT2D eigenvalue weighted by Crippen LogP contribution is -2.50. The molecular weight excluding hydrogens is 498 g/mol. The molecule has 0 aromatic carbocycles. The molecule has 2 aromatic heterocycles. The number of aromatic nitrogens is 3. The van der Waals surface area contributed by atoms with E-state index in [0.717, 1.165) is 6.07 Å². The number of rotatable bonds is 4. The van der Waals surface area contributed by atoms with E-state index in [9.17, 15) is 35.9 Å². The van der Waals surface area contributed by atoms with Crippen molar-refractivity contribution in [2.75, 3.05) is 49.1 Å². The zero-order chi connectivity index (χ0) is 26.1. The summed E-state index contributed by atoms with van der Waals surface area (Å²) >= 11 is 0. The summed E-state index contributed by atoms with van der Waals surface area (Å²) in [5, 5.41) is 0. The molecule has 196 valence electrons. The minimum absolute atomic E-state index is 0.0540. The summed E-state index contributed by atoms with van der Waals surface area (Å²) in [6, 6.07) is 0.435. The molecule has 1 atom stereocenters. The van der Waals surface area contributed by atoms with Crippen LogP contribution in [0.4, 0.5) is 42.8 Å². The molecule has 0 spiro atoms. The van der Waals surface area contributed by atoms with Gasteiger partial charge in [0, 0.05) is 51.3 Å². The number of pyridine rings is 1. The third kappa shape index (κ3) is 5.65. The second-order valence-electron chi connectivity index (χ2n) is 8.41. The van der Waals surface area contributed by atoms with Gasteiger partial charge < -0.3 is 24.4 Å². The Balaban J connectivity index is 1.30. The third-order valence-electron chi connectivity index (χ3n) is 6.09. The Morgan fingerprint density at radius 2 is 1.69 bits per heavy atom. The summed E-state index contributed by atoms with van der Waals surface area (Å²) in [7, 11) is 0. The standard InChI is InChI=1S/C21H22F6N6O3/c22-20(23,24)13-9-29-18(30-10-13)31-4-6-32(7-5-31)19(35)36-12-14-2-1-3-33(14)15-8-16(21(25,26)27)17(34)28-11-15/h8-11,14H,1-7,12H2,(H,28,34)/t14-/m0/s1. The number of halogens is 6. The Labute approximate surface area is 200 Å². The van der Waals surface area contributed by atoms with Crippen LogP contribution in [0.3, 0.4) is 0 Å². The molecule has 0 aliphatic carbocycles. The van der Waals surface area contributed by atoms with Crippen LogP contribution < -0.4 is 15.4 Å². The first kappa shape index (κ1) is 25.6. The summed E-state index contributed by atoms with van der Waals surface area (Å²) < 4.78 is 82.7. The molecule has 15 heteroatoms. The Morgan fingerprint density at radius 3 is 2.31 bits per heavy atom. The molecule has 4 heterocycles. The first-order valence-electron chi connectivity index (χ1n) is 11.1. The molecule has 0 bridgehead atoms. The number of aromatic amines is 1. The van der Waals surface area contributed by atoms with Crippen molar-refractivity contribution in [3.05, 3.63) is 46.1 Å². The molecule has 2 fully saturated rings. The predicted molar refractivity (Wildman–Crippen MR) is 115 cm³/mol. The highest BCUT2D eigenvalue weighted by atomic mass is 19.4. The Morgan fingerprint density at radius 1 is 1.03 bits per heavy atom. The quantitative estimate of drug-likeness (QED) is 0.620. The summed E-state index contributed by atoms with van der Waals surface area (Å²) in [5.74, 6) is 0.122. The van der Waals surface area contributed by atoms with Gasteiger partial charge in [0.15, 0.2) is 0 Å². The predicted octanol–water partition coefficient (Wildman–Crippen LogP) is 3.13. The number of H-pyrrole nitrogens is 1. The Kier molecular flexibility index (Phi) is 7.00. The fraction of sp³-hybridized carbons (Fsp3) is 0.524. The van der Waals surface area contributed by atoms with Crippen LogP contribution in [0.15, 0.2) is 29.5 Å². The molecule has 1 amide bonds. The minimum Gasteiger partial charge on any atom is -0.447 e. The molecule has 0 unspecified atom stereocenters. The Bertz CT molecular complexity index is 1130. The molecular formula is C21H22F6N6O3. The van der Waals surface area contributed by atoms with E-state index >= 15 is 0 Å². The maximum atomic E-state index is 13.1. The summed E-state index contributed by atoms with van der Waals surface area (Å²) in [6.45, 7) is 1.42. The number of anilines is 2. The van der Waals surface area contributed by atoms with Gasteiger partial charge in [0.25, 0.3) is 5.56 Å². The average molecular weight is 520 g/mol. The average Bonchev–Trinajstić information content (AvgIpc) is 3.30. The summed E-state index contributed by atoms with van der Waals surface area (Å²) in [5.41, 5.74) is -3.29. The molecule has 2 saturated heterocycles.